The highest BCUT2D eigenvalue weighted by molar-refractivity contribution is 5.96. The molecular formula is C20H22N2O2. The number of nitrogens with one attached hydrogen (secondary N) is 1. The number of rotatable bonds is 3. The largest absolute Gasteiger partial charge is 0.343 e. The van der Waals surface area contributed by atoms with Crippen LogP contribution in [0.4, 0.5) is 0 Å². The fraction of sp³-hybridized carbons (Fsp3) is 0.300. The van der Waals surface area contributed by atoms with E-state index < -0.39 is 0 Å². The van der Waals surface area contributed by atoms with Crippen LogP contribution in [0.15, 0.2) is 54.6 Å². The summed E-state index contributed by atoms with van der Waals surface area (Å²) in [5, 5.41) is 2.72. The van der Waals surface area contributed by atoms with E-state index in [9.17, 15) is 9.59 Å². The van der Waals surface area contributed by atoms with E-state index in [0.717, 1.165) is 0 Å². The summed E-state index contributed by atoms with van der Waals surface area (Å²) in [6, 6.07) is 17.2. The molecule has 1 aliphatic rings. The van der Waals surface area contributed by atoms with Crippen LogP contribution in [0.2, 0.25) is 0 Å². The molecule has 124 valence electrons. The second-order valence-electron chi connectivity index (χ2n) is 6.84. The van der Waals surface area contributed by atoms with Crippen molar-refractivity contribution in [1.82, 2.24) is 10.2 Å². The molecule has 2 aromatic carbocycles. The summed E-state index contributed by atoms with van der Waals surface area (Å²) < 4.78 is 0. The van der Waals surface area contributed by atoms with E-state index in [2.05, 4.69) is 31.3 Å². The molecule has 0 bridgehead atoms. The molecule has 0 aliphatic carbocycles. The quantitative estimate of drug-likeness (QED) is 0.944. The molecule has 0 fully saturated rings. The Morgan fingerprint density at radius 2 is 1.71 bits per heavy atom. The SMILES string of the molecule is CC1(C)CN(C(=O)CNC(=O)c2ccccc2)Cc2ccccc21. The lowest BCUT2D eigenvalue weighted by molar-refractivity contribution is -0.132. The number of benzene rings is 2. The Kier molecular flexibility index (Phi) is 4.38. The normalized spacial score (nSPS) is 15.5. The average molecular weight is 322 g/mol. The van der Waals surface area contributed by atoms with Crippen LogP contribution in [0, 0.1) is 0 Å². The van der Waals surface area contributed by atoms with Crippen molar-refractivity contribution < 1.29 is 9.59 Å². The summed E-state index contributed by atoms with van der Waals surface area (Å²) in [5.41, 5.74) is 2.95. The third kappa shape index (κ3) is 3.32. The smallest absolute Gasteiger partial charge is 0.251 e. The highest BCUT2D eigenvalue weighted by atomic mass is 16.2. The molecule has 3 rings (SSSR count). The standard InChI is InChI=1S/C20H22N2O2/c1-20(2)14-22(13-16-10-6-7-11-17(16)20)18(23)12-21-19(24)15-8-4-3-5-9-15/h3-11H,12-14H2,1-2H3,(H,21,24). The maximum absolute atomic E-state index is 12.5. The van der Waals surface area contributed by atoms with Gasteiger partial charge in [0.2, 0.25) is 5.91 Å². The number of nitrogens with zero attached hydrogens (tertiary/aromatic N) is 1. The van der Waals surface area contributed by atoms with Gasteiger partial charge in [-0.2, -0.15) is 0 Å². The van der Waals surface area contributed by atoms with E-state index in [1.807, 2.05) is 23.1 Å². The molecule has 0 spiro atoms. The number of carbonyl (C=O) groups excluding carboxylic acids is 2. The molecule has 1 N–H and O–H groups in total. The third-order valence-electron chi connectivity index (χ3n) is 4.48. The number of fused-ring (bicyclic) bond motifs is 1. The third-order valence-corrected chi connectivity index (χ3v) is 4.48. The molecule has 1 aliphatic heterocycles. The predicted octanol–water partition coefficient (Wildman–Crippen LogP) is 2.74. The maximum atomic E-state index is 12.5. The van der Waals surface area contributed by atoms with Gasteiger partial charge in [0.05, 0.1) is 6.54 Å². The molecule has 0 saturated heterocycles. The zero-order chi connectivity index (χ0) is 17.2. The molecule has 1 heterocycles. The molecule has 2 aromatic rings. The topological polar surface area (TPSA) is 49.4 Å². The first kappa shape index (κ1) is 16.2. The van der Waals surface area contributed by atoms with Crippen LogP contribution < -0.4 is 5.32 Å². The van der Waals surface area contributed by atoms with Crippen LogP contribution in [-0.4, -0.2) is 29.8 Å². The van der Waals surface area contributed by atoms with E-state index in [0.29, 0.717) is 18.7 Å². The molecule has 0 radical (unpaired) electrons. The van der Waals surface area contributed by atoms with Gasteiger partial charge in [-0.25, -0.2) is 0 Å². The van der Waals surface area contributed by atoms with Gasteiger partial charge in [0.25, 0.3) is 5.91 Å². The molecule has 2 amide bonds. The molecule has 0 saturated carbocycles. The number of amides is 2. The Bertz CT molecular complexity index is 753. The van der Waals surface area contributed by atoms with Crippen molar-refractivity contribution >= 4 is 11.8 Å². The molecule has 4 heteroatoms. The Balaban J connectivity index is 1.65. The van der Waals surface area contributed by atoms with E-state index >= 15 is 0 Å². The van der Waals surface area contributed by atoms with Crippen molar-refractivity contribution in [1.29, 1.82) is 0 Å². The van der Waals surface area contributed by atoms with Gasteiger partial charge in [-0.05, 0) is 23.3 Å². The molecule has 24 heavy (non-hydrogen) atoms. The van der Waals surface area contributed by atoms with Gasteiger partial charge in [0.15, 0.2) is 0 Å². The summed E-state index contributed by atoms with van der Waals surface area (Å²) >= 11 is 0. The maximum Gasteiger partial charge on any atom is 0.251 e. The van der Waals surface area contributed by atoms with Crippen molar-refractivity contribution in [2.24, 2.45) is 0 Å². The second-order valence-corrected chi connectivity index (χ2v) is 6.84. The van der Waals surface area contributed by atoms with E-state index in [1.165, 1.54) is 11.1 Å². The van der Waals surface area contributed by atoms with E-state index in [1.54, 1.807) is 24.3 Å². The fourth-order valence-electron chi connectivity index (χ4n) is 3.28. The van der Waals surface area contributed by atoms with E-state index in [4.69, 9.17) is 0 Å². The number of carbonyl (C=O) groups is 2. The molecule has 0 atom stereocenters. The minimum atomic E-state index is -0.222. The van der Waals surface area contributed by atoms with Crippen molar-refractivity contribution in [2.45, 2.75) is 25.8 Å². The van der Waals surface area contributed by atoms with Crippen molar-refractivity contribution in [3.8, 4) is 0 Å². The van der Waals surface area contributed by atoms with Crippen molar-refractivity contribution in [2.75, 3.05) is 13.1 Å². The lowest BCUT2D eigenvalue weighted by Crippen LogP contribution is -2.48. The summed E-state index contributed by atoms with van der Waals surface area (Å²) in [6.07, 6.45) is 0. The number of hydrogen-bond donors (Lipinski definition) is 1. The van der Waals surface area contributed by atoms with Crippen LogP contribution in [0.3, 0.4) is 0 Å². The monoisotopic (exact) mass is 322 g/mol. The molecule has 4 nitrogen and oxygen atoms in total. The first-order valence-corrected chi connectivity index (χ1v) is 8.17. The summed E-state index contributed by atoms with van der Waals surface area (Å²) in [6.45, 7) is 5.57. The van der Waals surface area contributed by atoms with Crippen molar-refractivity contribution in [3.63, 3.8) is 0 Å². The summed E-state index contributed by atoms with van der Waals surface area (Å²) in [4.78, 5) is 26.4. The van der Waals surface area contributed by atoms with Gasteiger partial charge in [-0.1, -0.05) is 56.3 Å². The fourth-order valence-corrected chi connectivity index (χ4v) is 3.28. The second kappa shape index (κ2) is 6.48. The van der Waals surface area contributed by atoms with Gasteiger partial charge in [0.1, 0.15) is 0 Å². The van der Waals surface area contributed by atoms with E-state index in [-0.39, 0.29) is 23.8 Å². The Labute approximate surface area is 142 Å². The lowest BCUT2D eigenvalue weighted by atomic mass is 9.78. The van der Waals surface area contributed by atoms with Crippen molar-refractivity contribution in [3.05, 3.63) is 71.3 Å². The van der Waals surface area contributed by atoms with Crippen LogP contribution in [-0.2, 0) is 16.8 Å². The molecule has 0 unspecified atom stereocenters. The highest BCUT2D eigenvalue weighted by Crippen LogP contribution is 2.32. The first-order chi connectivity index (χ1) is 11.5. The van der Waals surface area contributed by atoms with Gasteiger partial charge in [-0.3, -0.25) is 9.59 Å². The van der Waals surface area contributed by atoms with Crippen LogP contribution in [0.1, 0.15) is 35.3 Å². The van der Waals surface area contributed by atoms with Crippen LogP contribution in [0.5, 0.6) is 0 Å². The minimum Gasteiger partial charge on any atom is -0.343 e. The highest BCUT2D eigenvalue weighted by Gasteiger charge is 2.33. The van der Waals surface area contributed by atoms with Crippen LogP contribution >= 0.6 is 0 Å². The summed E-state index contributed by atoms with van der Waals surface area (Å²) in [7, 11) is 0. The van der Waals surface area contributed by atoms with Gasteiger partial charge >= 0.3 is 0 Å². The van der Waals surface area contributed by atoms with Gasteiger partial charge in [-0.15, -0.1) is 0 Å². The predicted molar refractivity (Wildman–Crippen MR) is 93.7 cm³/mol. The Hall–Kier alpha value is -2.62. The Morgan fingerprint density at radius 3 is 2.46 bits per heavy atom. The minimum absolute atomic E-state index is 0.0198. The van der Waals surface area contributed by atoms with Gasteiger partial charge in [0, 0.05) is 24.1 Å². The summed E-state index contributed by atoms with van der Waals surface area (Å²) in [5.74, 6) is -0.275. The molecule has 0 aromatic heterocycles. The number of hydrogen-bond acceptors (Lipinski definition) is 2. The zero-order valence-electron chi connectivity index (χ0n) is 14.1. The van der Waals surface area contributed by atoms with Gasteiger partial charge < -0.3 is 10.2 Å². The Morgan fingerprint density at radius 1 is 1.04 bits per heavy atom. The average Bonchev–Trinajstić information content (AvgIpc) is 2.59. The lowest BCUT2D eigenvalue weighted by Gasteiger charge is -2.40. The first-order valence-electron chi connectivity index (χ1n) is 8.17. The van der Waals surface area contributed by atoms with Crippen LogP contribution in [0.25, 0.3) is 0 Å². The molecular weight excluding hydrogens is 300 g/mol. The zero-order valence-corrected chi connectivity index (χ0v) is 14.1.